The number of carbonyl (C=O) groups excluding carboxylic acids is 1. The van der Waals surface area contributed by atoms with E-state index in [0.717, 1.165) is 10.5 Å². The zero-order valence-corrected chi connectivity index (χ0v) is 14.9. The normalized spacial score (nSPS) is 10.6. The predicted octanol–water partition coefficient (Wildman–Crippen LogP) is 3.60. The van der Waals surface area contributed by atoms with E-state index in [1.165, 1.54) is 18.0 Å². The van der Waals surface area contributed by atoms with E-state index in [1.54, 1.807) is 44.6 Å². The Kier molecular flexibility index (Phi) is 6.96. The van der Waals surface area contributed by atoms with E-state index in [-0.39, 0.29) is 11.7 Å². The van der Waals surface area contributed by atoms with Gasteiger partial charge in [0.2, 0.25) is 5.91 Å². The maximum absolute atomic E-state index is 11.8. The summed E-state index contributed by atoms with van der Waals surface area (Å²) in [7, 11) is 3.15. The molecular formula is C17H17ClN2O3S. The fourth-order valence-corrected chi connectivity index (χ4v) is 2.63. The molecule has 0 bridgehead atoms. The zero-order valence-electron chi connectivity index (χ0n) is 13.3. The summed E-state index contributed by atoms with van der Waals surface area (Å²) in [6.07, 6.45) is 1.53. The number of nitrogens with zero attached hydrogens (tertiary/aromatic N) is 1. The van der Waals surface area contributed by atoms with E-state index < -0.39 is 0 Å². The molecule has 2 aromatic rings. The molecule has 1 amide bonds. The summed E-state index contributed by atoms with van der Waals surface area (Å²) in [5.41, 5.74) is 3.23. The standard InChI is InChI=1S/C17H17ClN2O3S/c1-22-14-6-3-12(16(9-14)23-2)10-19-20-17(21)11-24-15-7-4-13(18)5-8-15/h3-10H,11H2,1-2H3,(H,20,21). The Morgan fingerprint density at radius 1 is 1.21 bits per heavy atom. The van der Waals surface area contributed by atoms with E-state index >= 15 is 0 Å². The number of amides is 1. The van der Waals surface area contributed by atoms with E-state index in [2.05, 4.69) is 10.5 Å². The fraction of sp³-hybridized carbons (Fsp3) is 0.176. The molecule has 0 heterocycles. The Labute approximate surface area is 150 Å². The van der Waals surface area contributed by atoms with Gasteiger partial charge in [-0.1, -0.05) is 11.6 Å². The van der Waals surface area contributed by atoms with Crippen LogP contribution in [-0.4, -0.2) is 32.1 Å². The Morgan fingerprint density at radius 3 is 2.62 bits per heavy atom. The number of hydrogen-bond donors (Lipinski definition) is 1. The van der Waals surface area contributed by atoms with E-state index in [9.17, 15) is 4.79 Å². The van der Waals surface area contributed by atoms with Crippen molar-refractivity contribution >= 4 is 35.5 Å². The summed E-state index contributed by atoms with van der Waals surface area (Å²) in [5, 5.41) is 4.62. The minimum Gasteiger partial charge on any atom is -0.497 e. The molecule has 0 spiro atoms. The summed E-state index contributed by atoms with van der Waals surface area (Å²) < 4.78 is 10.4. The molecule has 0 radical (unpaired) electrons. The molecule has 0 aliphatic rings. The Morgan fingerprint density at radius 2 is 1.96 bits per heavy atom. The number of rotatable bonds is 7. The first kappa shape index (κ1) is 18.2. The lowest BCUT2D eigenvalue weighted by atomic mass is 10.2. The van der Waals surface area contributed by atoms with Gasteiger partial charge in [-0.25, -0.2) is 5.43 Å². The molecule has 126 valence electrons. The maximum atomic E-state index is 11.8. The van der Waals surface area contributed by atoms with Crippen molar-refractivity contribution in [3.8, 4) is 11.5 Å². The van der Waals surface area contributed by atoms with Gasteiger partial charge in [-0.05, 0) is 36.4 Å². The summed E-state index contributed by atoms with van der Waals surface area (Å²) >= 11 is 7.23. The molecule has 2 rings (SSSR count). The number of methoxy groups -OCH3 is 2. The number of halogens is 1. The van der Waals surface area contributed by atoms with Gasteiger partial charge in [-0.3, -0.25) is 4.79 Å². The van der Waals surface area contributed by atoms with E-state index in [1.807, 2.05) is 12.1 Å². The van der Waals surface area contributed by atoms with Crippen LogP contribution in [0.4, 0.5) is 0 Å². The van der Waals surface area contributed by atoms with Crippen LogP contribution in [0, 0.1) is 0 Å². The first-order valence-corrected chi connectivity index (χ1v) is 8.41. The quantitative estimate of drug-likeness (QED) is 0.463. The van der Waals surface area contributed by atoms with Crippen molar-refractivity contribution in [1.82, 2.24) is 5.43 Å². The molecule has 7 heteroatoms. The lowest BCUT2D eigenvalue weighted by molar-refractivity contribution is -0.118. The van der Waals surface area contributed by atoms with E-state index in [4.69, 9.17) is 21.1 Å². The SMILES string of the molecule is COc1ccc(C=NNC(=O)CSc2ccc(Cl)cc2)c(OC)c1. The minimum atomic E-state index is -0.196. The number of thioether (sulfide) groups is 1. The van der Waals surface area contributed by atoms with Crippen LogP contribution in [0.15, 0.2) is 52.5 Å². The smallest absolute Gasteiger partial charge is 0.250 e. The van der Waals surface area contributed by atoms with Crippen LogP contribution in [0.5, 0.6) is 11.5 Å². The topological polar surface area (TPSA) is 59.9 Å². The van der Waals surface area contributed by atoms with Crippen molar-refractivity contribution in [2.75, 3.05) is 20.0 Å². The van der Waals surface area contributed by atoms with Crippen LogP contribution in [0.2, 0.25) is 5.02 Å². The molecule has 0 atom stereocenters. The fourth-order valence-electron chi connectivity index (χ4n) is 1.81. The molecule has 1 N–H and O–H groups in total. The molecule has 5 nitrogen and oxygen atoms in total. The zero-order chi connectivity index (χ0) is 17.4. The highest BCUT2D eigenvalue weighted by Gasteiger charge is 2.04. The summed E-state index contributed by atoms with van der Waals surface area (Å²) in [6.45, 7) is 0. The molecule has 0 aromatic heterocycles. The molecule has 2 aromatic carbocycles. The van der Waals surface area contributed by atoms with Crippen LogP contribution in [0.3, 0.4) is 0 Å². The number of carbonyl (C=O) groups is 1. The van der Waals surface area contributed by atoms with Crippen molar-refractivity contribution < 1.29 is 14.3 Å². The number of hydrogen-bond acceptors (Lipinski definition) is 5. The molecule has 0 aliphatic heterocycles. The second-order valence-electron chi connectivity index (χ2n) is 4.64. The Bertz CT molecular complexity index is 720. The van der Waals surface area contributed by atoms with Gasteiger partial charge in [0.1, 0.15) is 11.5 Å². The van der Waals surface area contributed by atoms with Crippen molar-refractivity contribution in [2.24, 2.45) is 5.10 Å². The molecular weight excluding hydrogens is 348 g/mol. The molecule has 0 saturated heterocycles. The second kappa shape index (κ2) is 9.20. The minimum absolute atomic E-state index is 0.196. The molecule has 24 heavy (non-hydrogen) atoms. The summed E-state index contributed by atoms with van der Waals surface area (Å²) in [5.74, 6) is 1.37. The third-order valence-corrected chi connectivity index (χ3v) is 4.28. The maximum Gasteiger partial charge on any atom is 0.250 e. The molecule has 0 fully saturated rings. The molecule has 0 saturated carbocycles. The van der Waals surface area contributed by atoms with Crippen LogP contribution in [0.1, 0.15) is 5.56 Å². The van der Waals surface area contributed by atoms with Crippen LogP contribution in [0.25, 0.3) is 0 Å². The van der Waals surface area contributed by atoms with Gasteiger partial charge in [0, 0.05) is 21.5 Å². The van der Waals surface area contributed by atoms with Crippen molar-refractivity contribution in [2.45, 2.75) is 4.90 Å². The number of ether oxygens (including phenoxy) is 2. The highest BCUT2D eigenvalue weighted by molar-refractivity contribution is 8.00. The highest BCUT2D eigenvalue weighted by Crippen LogP contribution is 2.23. The van der Waals surface area contributed by atoms with Gasteiger partial charge in [0.15, 0.2) is 0 Å². The van der Waals surface area contributed by atoms with Gasteiger partial charge in [-0.2, -0.15) is 5.10 Å². The van der Waals surface area contributed by atoms with Crippen LogP contribution in [-0.2, 0) is 4.79 Å². The number of hydrazone groups is 1. The first-order valence-electron chi connectivity index (χ1n) is 7.04. The van der Waals surface area contributed by atoms with Gasteiger partial charge >= 0.3 is 0 Å². The average molecular weight is 365 g/mol. The van der Waals surface area contributed by atoms with Gasteiger partial charge in [0.25, 0.3) is 0 Å². The van der Waals surface area contributed by atoms with Gasteiger partial charge in [0.05, 0.1) is 26.2 Å². The van der Waals surface area contributed by atoms with Crippen molar-refractivity contribution in [3.05, 3.63) is 53.1 Å². The van der Waals surface area contributed by atoms with Gasteiger partial charge in [-0.15, -0.1) is 11.8 Å². The number of benzene rings is 2. The monoisotopic (exact) mass is 364 g/mol. The molecule has 0 aliphatic carbocycles. The largest absolute Gasteiger partial charge is 0.497 e. The summed E-state index contributed by atoms with van der Waals surface area (Å²) in [6, 6.07) is 12.7. The Balaban J connectivity index is 1.86. The highest BCUT2D eigenvalue weighted by atomic mass is 35.5. The van der Waals surface area contributed by atoms with Crippen molar-refractivity contribution in [1.29, 1.82) is 0 Å². The van der Waals surface area contributed by atoms with Crippen LogP contribution >= 0.6 is 23.4 Å². The Hall–Kier alpha value is -2.18. The average Bonchev–Trinajstić information content (AvgIpc) is 2.61. The van der Waals surface area contributed by atoms with Gasteiger partial charge < -0.3 is 9.47 Å². The third-order valence-electron chi connectivity index (χ3n) is 3.02. The van der Waals surface area contributed by atoms with Crippen molar-refractivity contribution in [3.63, 3.8) is 0 Å². The second-order valence-corrected chi connectivity index (χ2v) is 6.13. The van der Waals surface area contributed by atoms with Crippen LogP contribution < -0.4 is 14.9 Å². The summed E-state index contributed by atoms with van der Waals surface area (Å²) in [4.78, 5) is 12.8. The lowest BCUT2D eigenvalue weighted by Gasteiger charge is -2.07. The number of nitrogens with one attached hydrogen (secondary N) is 1. The first-order chi connectivity index (χ1) is 11.6. The lowest BCUT2D eigenvalue weighted by Crippen LogP contribution is -2.19. The molecule has 0 unspecified atom stereocenters. The predicted molar refractivity (Wildman–Crippen MR) is 97.5 cm³/mol. The van der Waals surface area contributed by atoms with E-state index in [0.29, 0.717) is 16.5 Å². The third kappa shape index (κ3) is 5.47.